The van der Waals surface area contributed by atoms with E-state index in [1.807, 2.05) is 18.2 Å². The molecule has 0 amide bonds. The number of allylic oxidation sites excluding steroid dienone is 1. The molecule has 0 saturated carbocycles. The molecule has 1 aliphatic rings. The standard InChI is InChI=1S/C10H11BO2/c1-7-2-3-8-6-9(11(12)13)4-5-10(7)8/h2-7,12-13H,1H3. The molecule has 0 aromatic heterocycles. The summed E-state index contributed by atoms with van der Waals surface area (Å²) in [4.78, 5) is 0. The minimum absolute atomic E-state index is 0.444. The van der Waals surface area contributed by atoms with Crippen LogP contribution in [0.4, 0.5) is 0 Å². The van der Waals surface area contributed by atoms with Crippen molar-refractivity contribution in [1.82, 2.24) is 0 Å². The number of rotatable bonds is 1. The Labute approximate surface area is 77.7 Å². The van der Waals surface area contributed by atoms with Gasteiger partial charge in [0.1, 0.15) is 0 Å². The quantitative estimate of drug-likeness (QED) is 0.608. The van der Waals surface area contributed by atoms with Gasteiger partial charge in [0.2, 0.25) is 0 Å². The highest BCUT2D eigenvalue weighted by Gasteiger charge is 2.16. The maximum atomic E-state index is 8.95. The first-order chi connectivity index (χ1) is 6.18. The van der Waals surface area contributed by atoms with Crippen molar-refractivity contribution in [1.29, 1.82) is 0 Å². The second-order valence-electron chi connectivity index (χ2n) is 3.41. The predicted molar refractivity (Wildman–Crippen MR) is 53.7 cm³/mol. The SMILES string of the molecule is CC1C=Cc2cc(B(O)O)ccc21. The van der Waals surface area contributed by atoms with E-state index in [4.69, 9.17) is 10.0 Å². The van der Waals surface area contributed by atoms with Crippen LogP contribution >= 0.6 is 0 Å². The molecule has 1 atom stereocenters. The summed E-state index contributed by atoms with van der Waals surface area (Å²) < 4.78 is 0. The van der Waals surface area contributed by atoms with Crippen molar-refractivity contribution in [3.63, 3.8) is 0 Å². The summed E-state index contributed by atoms with van der Waals surface area (Å²) in [7, 11) is -1.37. The van der Waals surface area contributed by atoms with Crippen LogP contribution in [-0.4, -0.2) is 17.2 Å². The van der Waals surface area contributed by atoms with Gasteiger partial charge in [0.05, 0.1) is 0 Å². The van der Waals surface area contributed by atoms with Crippen LogP contribution in [0.25, 0.3) is 6.08 Å². The first kappa shape index (κ1) is 8.54. The fourth-order valence-corrected chi connectivity index (χ4v) is 1.66. The van der Waals surface area contributed by atoms with Crippen LogP contribution in [0, 0.1) is 0 Å². The molecule has 1 aromatic rings. The van der Waals surface area contributed by atoms with Crippen LogP contribution < -0.4 is 5.46 Å². The molecular formula is C10H11BO2. The van der Waals surface area contributed by atoms with E-state index in [2.05, 4.69) is 13.0 Å². The lowest BCUT2D eigenvalue weighted by molar-refractivity contribution is 0.426. The van der Waals surface area contributed by atoms with Crippen LogP contribution in [0.3, 0.4) is 0 Å². The van der Waals surface area contributed by atoms with Gasteiger partial charge in [-0.15, -0.1) is 0 Å². The summed E-state index contributed by atoms with van der Waals surface area (Å²) in [5, 5.41) is 17.9. The fraction of sp³-hybridized carbons (Fsp3) is 0.200. The molecule has 1 aliphatic carbocycles. The Kier molecular flexibility index (Phi) is 1.98. The third-order valence-electron chi connectivity index (χ3n) is 2.46. The van der Waals surface area contributed by atoms with Crippen molar-refractivity contribution in [2.75, 3.05) is 0 Å². The summed E-state index contributed by atoms with van der Waals surface area (Å²) >= 11 is 0. The van der Waals surface area contributed by atoms with Crippen LogP contribution in [-0.2, 0) is 0 Å². The summed E-state index contributed by atoms with van der Waals surface area (Å²) in [5.41, 5.74) is 2.90. The van der Waals surface area contributed by atoms with Crippen molar-refractivity contribution in [3.8, 4) is 0 Å². The van der Waals surface area contributed by atoms with Crippen LogP contribution in [0.5, 0.6) is 0 Å². The number of fused-ring (bicyclic) bond motifs is 1. The molecule has 0 fully saturated rings. The van der Waals surface area contributed by atoms with Gasteiger partial charge in [-0.1, -0.05) is 37.3 Å². The van der Waals surface area contributed by atoms with E-state index in [1.54, 1.807) is 6.07 Å². The van der Waals surface area contributed by atoms with E-state index >= 15 is 0 Å². The predicted octanol–water partition coefficient (Wildman–Crippen LogP) is 0.497. The van der Waals surface area contributed by atoms with Crippen molar-refractivity contribution in [2.45, 2.75) is 12.8 Å². The lowest BCUT2D eigenvalue weighted by Gasteiger charge is -2.06. The molecule has 0 spiro atoms. The van der Waals surface area contributed by atoms with Crippen molar-refractivity contribution < 1.29 is 10.0 Å². The van der Waals surface area contributed by atoms with Crippen LogP contribution in [0.2, 0.25) is 0 Å². The van der Waals surface area contributed by atoms with E-state index < -0.39 is 7.12 Å². The molecule has 2 N–H and O–H groups in total. The Morgan fingerprint density at radius 1 is 1.31 bits per heavy atom. The molecule has 3 heteroatoms. The van der Waals surface area contributed by atoms with Gasteiger partial charge < -0.3 is 10.0 Å². The molecule has 0 aliphatic heterocycles. The molecule has 66 valence electrons. The molecule has 2 rings (SSSR count). The van der Waals surface area contributed by atoms with E-state index in [0.717, 1.165) is 5.56 Å². The topological polar surface area (TPSA) is 40.5 Å². The van der Waals surface area contributed by atoms with E-state index in [-0.39, 0.29) is 0 Å². The minimum atomic E-state index is -1.37. The highest BCUT2D eigenvalue weighted by molar-refractivity contribution is 6.58. The Hall–Kier alpha value is -1.06. The van der Waals surface area contributed by atoms with E-state index in [9.17, 15) is 0 Å². The second-order valence-corrected chi connectivity index (χ2v) is 3.41. The zero-order chi connectivity index (χ0) is 9.42. The summed E-state index contributed by atoms with van der Waals surface area (Å²) in [6, 6.07) is 5.53. The Bertz CT molecular complexity index is 358. The van der Waals surface area contributed by atoms with Gasteiger partial charge in [-0.25, -0.2) is 0 Å². The lowest BCUT2D eigenvalue weighted by Crippen LogP contribution is -2.29. The van der Waals surface area contributed by atoms with Gasteiger partial charge in [-0.3, -0.25) is 0 Å². The second kappa shape index (κ2) is 3.02. The zero-order valence-electron chi connectivity index (χ0n) is 7.44. The van der Waals surface area contributed by atoms with Gasteiger partial charge in [0.25, 0.3) is 0 Å². The maximum Gasteiger partial charge on any atom is 0.488 e. The Morgan fingerprint density at radius 3 is 2.77 bits per heavy atom. The third-order valence-corrected chi connectivity index (χ3v) is 2.46. The largest absolute Gasteiger partial charge is 0.488 e. The molecule has 0 radical (unpaired) electrons. The van der Waals surface area contributed by atoms with Gasteiger partial charge in [-0.2, -0.15) is 0 Å². The average Bonchev–Trinajstić information content (AvgIpc) is 2.47. The molecule has 0 heterocycles. The van der Waals surface area contributed by atoms with Crippen molar-refractivity contribution >= 4 is 18.7 Å². The van der Waals surface area contributed by atoms with Gasteiger partial charge >= 0.3 is 7.12 Å². The van der Waals surface area contributed by atoms with E-state index in [1.165, 1.54) is 5.56 Å². The Morgan fingerprint density at radius 2 is 2.08 bits per heavy atom. The first-order valence-electron chi connectivity index (χ1n) is 4.36. The van der Waals surface area contributed by atoms with Crippen LogP contribution in [0.15, 0.2) is 24.3 Å². The van der Waals surface area contributed by atoms with Crippen molar-refractivity contribution in [3.05, 3.63) is 35.4 Å². The lowest BCUT2D eigenvalue weighted by atomic mass is 9.79. The molecule has 13 heavy (non-hydrogen) atoms. The van der Waals surface area contributed by atoms with Crippen molar-refractivity contribution in [2.24, 2.45) is 0 Å². The average molecular weight is 174 g/mol. The summed E-state index contributed by atoms with van der Waals surface area (Å²) in [5.74, 6) is 0.444. The van der Waals surface area contributed by atoms with E-state index in [0.29, 0.717) is 11.4 Å². The summed E-state index contributed by atoms with van der Waals surface area (Å²) in [6.45, 7) is 2.12. The molecule has 1 aromatic carbocycles. The monoisotopic (exact) mass is 174 g/mol. The molecule has 2 nitrogen and oxygen atoms in total. The molecule has 0 bridgehead atoms. The fourth-order valence-electron chi connectivity index (χ4n) is 1.66. The third kappa shape index (κ3) is 1.41. The highest BCUT2D eigenvalue weighted by atomic mass is 16.4. The normalized spacial score (nSPS) is 18.8. The summed E-state index contributed by atoms with van der Waals surface area (Å²) in [6.07, 6.45) is 4.13. The number of hydrogen-bond donors (Lipinski definition) is 2. The minimum Gasteiger partial charge on any atom is -0.423 e. The maximum absolute atomic E-state index is 8.95. The molecule has 1 unspecified atom stereocenters. The zero-order valence-corrected chi connectivity index (χ0v) is 7.44. The van der Waals surface area contributed by atoms with Gasteiger partial charge in [0, 0.05) is 0 Å². The first-order valence-corrected chi connectivity index (χ1v) is 4.36. The smallest absolute Gasteiger partial charge is 0.423 e. The molecule has 0 saturated heterocycles. The van der Waals surface area contributed by atoms with Gasteiger partial charge in [-0.05, 0) is 22.5 Å². The highest BCUT2D eigenvalue weighted by Crippen LogP contribution is 2.28. The number of hydrogen-bond acceptors (Lipinski definition) is 2. The van der Waals surface area contributed by atoms with Crippen LogP contribution in [0.1, 0.15) is 24.0 Å². The Balaban J connectivity index is 2.45. The van der Waals surface area contributed by atoms with Gasteiger partial charge in [0.15, 0.2) is 0 Å². The number of benzene rings is 1. The molecular weight excluding hydrogens is 163 g/mol.